The number of amides is 1. The predicted molar refractivity (Wildman–Crippen MR) is 106 cm³/mol. The van der Waals surface area contributed by atoms with E-state index in [0.717, 1.165) is 0 Å². The average molecular weight is 394 g/mol. The van der Waals surface area contributed by atoms with Crippen LogP contribution in [0.2, 0.25) is 0 Å². The third-order valence-electron chi connectivity index (χ3n) is 5.07. The number of rotatable bonds is 5. The summed E-state index contributed by atoms with van der Waals surface area (Å²) in [6.45, 7) is 2.65. The van der Waals surface area contributed by atoms with Gasteiger partial charge in [0, 0.05) is 19.3 Å². The molecule has 3 aromatic rings. The fourth-order valence-corrected chi connectivity index (χ4v) is 3.69. The third-order valence-corrected chi connectivity index (χ3v) is 5.07. The van der Waals surface area contributed by atoms with Crippen LogP contribution in [0, 0.1) is 6.92 Å². The van der Waals surface area contributed by atoms with Gasteiger partial charge in [0.15, 0.2) is 5.76 Å². The van der Waals surface area contributed by atoms with E-state index in [0.29, 0.717) is 35.9 Å². The van der Waals surface area contributed by atoms with Crippen LogP contribution in [-0.2, 0) is 9.59 Å². The van der Waals surface area contributed by atoms with Crippen molar-refractivity contribution in [2.45, 2.75) is 13.0 Å². The lowest BCUT2D eigenvalue weighted by molar-refractivity contribution is -0.140. The van der Waals surface area contributed by atoms with Crippen LogP contribution in [0.5, 0.6) is 0 Å². The summed E-state index contributed by atoms with van der Waals surface area (Å²) < 4.78 is 7.24. The Bertz CT molecular complexity index is 1110. The number of nitrogens with zero attached hydrogens (tertiary/aromatic N) is 4. The number of Topliss-reactive ketones (excluding diaryl/α,β-unsaturated/α-hetero) is 1. The minimum atomic E-state index is -0.793. The fraction of sp³-hybridized carbons (Fsp3) is 0.286. The molecule has 0 bridgehead atoms. The molecule has 1 aliphatic heterocycles. The van der Waals surface area contributed by atoms with Crippen LogP contribution in [0.3, 0.4) is 0 Å². The van der Waals surface area contributed by atoms with Crippen molar-refractivity contribution in [1.82, 2.24) is 19.2 Å². The highest BCUT2D eigenvalue weighted by Gasteiger charge is 2.47. The lowest BCUT2D eigenvalue weighted by Crippen LogP contribution is -2.35. The summed E-state index contributed by atoms with van der Waals surface area (Å²) in [6.07, 6.45) is 3.25. The van der Waals surface area contributed by atoms with Crippen LogP contribution in [0.15, 0.2) is 52.8 Å². The molecule has 150 valence electrons. The molecule has 0 aliphatic carbocycles. The molecule has 1 saturated heterocycles. The maximum atomic E-state index is 13.0. The molecule has 0 saturated carbocycles. The van der Waals surface area contributed by atoms with Crippen molar-refractivity contribution in [3.63, 3.8) is 0 Å². The number of furan rings is 1. The number of ketones is 1. The van der Waals surface area contributed by atoms with E-state index in [1.54, 1.807) is 29.7 Å². The zero-order chi connectivity index (χ0) is 20.7. The van der Waals surface area contributed by atoms with Crippen molar-refractivity contribution in [2.75, 3.05) is 27.2 Å². The Morgan fingerprint density at radius 2 is 2.03 bits per heavy atom. The van der Waals surface area contributed by atoms with E-state index in [9.17, 15) is 14.7 Å². The van der Waals surface area contributed by atoms with Crippen LogP contribution in [0.4, 0.5) is 0 Å². The largest absolute Gasteiger partial charge is 0.505 e. The van der Waals surface area contributed by atoms with Crippen molar-refractivity contribution < 1.29 is 19.1 Å². The number of aliphatic hydroxyl groups is 1. The Kier molecular flexibility index (Phi) is 4.71. The zero-order valence-electron chi connectivity index (χ0n) is 16.5. The smallest absolute Gasteiger partial charge is 0.295 e. The maximum Gasteiger partial charge on any atom is 0.295 e. The number of likely N-dealkylation sites (N-methyl/N-ethyl adjacent to an activating group) is 1. The Morgan fingerprint density at radius 3 is 2.72 bits per heavy atom. The first-order valence-electron chi connectivity index (χ1n) is 9.30. The first kappa shape index (κ1) is 18.9. The molecule has 8 heteroatoms. The highest BCUT2D eigenvalue weighted by atomic mass is 16.3. The molecule has 0 unspecified atom stereocenters. The summed E-state index contributed by atoms with van der Waals surface area (Å²) in [5.41, 5.74) is 1.61. The number of carbonyl (C=O) groups is 2. The third kappa shape index (κ3) is 3.11. The molecule has 0 aromatic carbocycles. The second kappa shape index (κ2) is 7.21. The minimum absolute atomic E-state index is 0.0115. The Morgan fingerprint density at radius 1 is 1.24 bits per heavy atom. The molecular weight excluding hydrogens is 372 g/mol. The number of pyridine rings is 1. The van der Waals surface area contributed by atoms with Gasteiger partial charge in [-0.1, -0.05) is 6.07 Å². The molecule has 1 N–H and O–H groups in total. The van der Waals surface area contributed by atoms with E-state index in [-0.39, 0.29) is 11.3 Å². The summed E-state index contributed by atoms with van der Waals surface area (Å²) >= 11 is 0. The van der Waals surface area contributed by atoms with Gasteiger partial charge < -0.3 is 19.3 Å². The minimum Gasteiger partial charge on any atom is -0.505 e. The molecule has 1 amide bonds. The number of aliphatic hydroxyl groups excluding tert-OH is 1. The molecule has 3 aromatic heterocycles. The van der Waals surface area contributed by atoms with Gasteiger partial charge in [0.2, 0.25) is 0 Å². The Labute approximate surface area is 167 Å². The van der Waals surface area contributed by atoms with Crippen molar-refractivity contribution >= 4 is 23.1 Å². The van der Waals surface area contributed by atoms with Gasteiger partial charge >= 0.3 is 0 Å². The molecule has 8 nitrogen and oxygen atoms in total. The van der Waals surface area contributed by atoms with Gasteiger partial charge in [-0.3, -0.25) is 14.0 Å². The van der Waals surface area contributed by atoms with Gasteiger partial charge in [-0.2, -0.15) is 0 Å². The second-order valence-corrected chi connectivity index (χ2v) is 7.29. The second-order valence-electron chi connectivity index (χ2n) is 7.29. The number of carbonyl (C=O) groups excluding carboxylic acids is 2. The summed E-state index contributed by atoms with van der Waals surface area (Å²) in [5, 5.41) is 11.2. The van der Waals surface area contributed by atoms with Crippen LogP contribution >= 0.6 is 0 Å². The number of likely N-dealkylation sites (tertiary alicyclic amines) is 1. The normalized spacial score (nSPS) is 19.0. The van der Waals surface area contributed by atoms with Crippen molar-refractivity contribution in [3.8, 4) is 0 Å². The molecule has 0 radical (unpaired) electrons. The summed E-state index contributed by atoms with van der Waals surface area (Å²) in [6, 6.07) is 8.07. The topological polar surface area (TPSA) is 91.3 Å². The Balaban J connectivity index is 1.90. The van der Waals surface area contributed by atoms with E-state index in [2.05, 4.69) is 4.98 Å². The van der Waals surface area contributed by atoms with Crippen molar-refractivity contribution in [1.29, 1.82) is 0 Å². The quantitative estimate of drug-likeness (QED) is 0.405. The lowest BCUT2D eigenvalue weighted by atomic mass is 10.0. The molecular formula is C21H22N4O4. The van der Waals surface area contributed by atoms with Gasteiger partial charge in [-0.05, 0) is 45.3 Å². The van der Waals surface area contributed by atoms with Crippen molar-refractivity contribution in [3.05, 3.63) is 65.5 Å². The van der Waals surface area contributed by atoms with E-state index >= 15 is 0 Å². The van der Waals surface area contributed by atoms with E-state index in [4.69, 9.17) is 4.42 Å². The van der Waals surface area contributed by atoms with Gasteiger partial charge in [-0.15, -0.1) is 0 Å². The van der Waals surface area contributed by atoms with Gasteiger partial charge in [0.25, 0.3) is 11.7 Å². The van der Waals surface area contributed by atoms with Crippen LogP contribution in [-0.4, -0.2) is 63.2 Å². The first-order chi connectivity index (χ1) is 13.9. The average Bonchev–Trinajstić information content (AvgIpc) is 3.37. The lowest BCUT2D eigenvalue weighted by Gasteiger charge is -2.24. The number of aromatic nitrogens is 2. The highest BCUT2D eigenvalue weighted by molar-refractivity contribution is 6.46. The fourth-order valence-electron chi connectivity index (χ4n) is 3.69. The molecule has 4 heterocycles. The molecule has 29 heavy (non-hydrogen) atoms. The van der Waals surface area contributed by atoms with Gasteiger partial charge in [0.05, 0.1) is 17.5 Å². The number of aryl methyl sites for hydroxylation is 1. The van der Waals surface area contributed by atoms with Crippen LogP contribution in [0.25, 0.3) is 11.4 Å². The molecule has 1 fully saturated rings. The molecule has 1 aliphatic rings. The number of fused-ring (bicyclic) bond motifs is 1. The first-order valence-corrected chi connectivity index (χ1v) is 9.30. The zero-order valence-corrected chi connectivity index (χ0v) is 16.5. The van der Waals surface area contributed by atoms with Gasteiger partial charge in [-0.25, -0.2) is 4.98 Å². The summed E-state index contributed by atoms with van der Waals surface area (Å²) in [5.74, 6) is -1.21. The number of hydrogen-bond donors (Lipinski definition) is 1. The Hall–Kier alpha value is -3.39. The summed E-state index contributed by atoms with van der Waals surface area (Å²) in [7, 11) is 3.78. The maximum absolute atomic E-state index is 13.0. The molecule has 4 rings (SSSR count). The van der Waals surface area contributed by atoms with Crippen LogP contribution < -0.4 is 0 Å². The summed E-state index contributed by atoms with van der Waals surface area (Å²) in [4.78, 5) is 33.6. The van der Waals surface area contributed by atoms with Crippen molar-refractivity contribution in [2.24, 2.45) is 0 Å². The molecule has 1 atom stereocenters. The van der Waals surface area contributed by atoms with E-state index in [1.165, 1.54) is 11.2 Å². The van der Waals surface area contributed by atoms with E-state index in [1.807, 2.05) is 37.2 Å². The highest BCUT2D eigenvalue weighted by Crippen LogP contribution is 2.39. The monoisotopic (exact) mass is 394 g/mol. The van der Waals surface area contributed by atoms with Crippen LogP contribution in [0.1, 0.15) is 23.2 Å². The van der Waals surface area contributed by atoms with E-state index < -0.39 is 17.7 Å². The standard InChI is InChI=1S/C21H22N4O4/c1-13-17(24-9-5-4-8-15(24)22-13)19(26)16-18(14-7-6-12-29-14)25(11-10-23(2)3)21(28)20(16)27/h4-9,12,18,26H,10-11H2,1-3H3/t18-/m1/s1. The predicted octanol–water partition coefficient (Wildman–Crippen LogP) is 2.22. The number of hydrogen-bond acceptors (Lipinski definition) is 6. The SMILES string of the molecule is Cc1nc2ccccn2c1C(O)=C1C(=O)C(=O)N(CCN(C)C)[C@@H]1c1ccco1. The number of imidazole rings is 1. The molecule has 0 spiro atoms. The van der Waals surface area contributed by atoms with Gasteiger partial charge in [0.1, 0.15) is 23.1 Å².